The van der Waals surface area contributed by atoms with E-state index in [1.54, 1.807) is 28.8 Å². The molecule has 0 aromatic carbocycles. The monoisotopic (exact) mass is 398 g/mol. The zero-order chi connectivity index (χ0) is 17.9. The maximum atomic E-state index is 12.9. The van der Waals surface area contributed by atoms with Crippen molar-refractivity contribution in [1.29, 1.82) is 0 Å². The third-order valence-electron chi connectivity index (χ3n) is 4.44. The molecule has 0 bridgehead atoms. The molecule has 1 aliphatic heterocycles. The van der Waals surface area contributed by atoms with E-state index in [2.05, 4.69) is 0 Å². The minimum Gasteiger partial charge on any atom is -0.338 e. The van der Waals surface area contributed by atoms with Crippen molar-refractivity contribution in [2.45, 2.75) is 30.5 Å². The Morgan fingerprint density at radius 3 is 2.68 bits per heavy atom. The highest BCUT2D eigenvalue weighted by Gasteiger charge is 2.35. The van der Waals surface area contributed by atoms with E-state index >= 15 is 0 Å². The summed E-state index contributed by atoms with van der Waals surface area (Å²) in [5, 5.41) is 3.77. The molecule has 0 saturated carbocycles. The predicted octanol–water partition coefficient (Wildman–Crippen LogP) is 3.26. The lowest BCUT2D eigenvalue weighted by molar-refractivity contribution is -0.137. The lowest BCUT2D eigenvalue weighted by Gasteiger charge is -2.33. The van der Waals surface area contributed by atoms with E-state index in [4.69, 9.17) is 0 Å². The van der Waals surface area contributed by atoms with Gasteiger partial charge in [0.1, 0.15) is 4.21 Å². The Kier molecular flexibility index (Phi) is 5.93. The van der Waals surface area contributed by atoms with Crippen LogP contribution in [0.3, 0.4) is 0 Å². The van der Waals surface area contributed by atoms with Crippen LogP contribution >= 0.6 is 22.7 Å². The van der Waals surface area contributed by atoms with Gasteiger partial charge in [0.25, 0.3) is 10.0 Å². The first-order chi connectivity index (χ1) is 12.0. The van der Waals surface area contributed by atoms with Crippen molar-refractivity contribution in [2.24, 2.45) is 5.92 Å². The zero-order valence-electron chi connectivity index (χ0n) is 14.1. The maximum Gasteiger partial charge on any atom is 0.252 e. The van der Waals surface area contributed by atoms with Crippen LogP contribution < -0.4 is 0 Å². The maximum absolute atomic E-state index is 12.9. The number of amides is 1. The SMILES string of the molecule is CCN(Cc1cccs1)C(=O)C1CCCN(S(=O)(=O)c2cccs2)C1. The van der Waals surface area contributed by atoms with Crippen molar-refractivity contribution < 1.29 is 13.2 Å². The number of sulfonamides is 1. The van der Waals surface area contributed by atoms with Gasteiger partial charge in [-0.15, -0.1) is 22.7 Å². The molecule has 1 unspecified atom stereocenters. The number of piperidine rings is 1. The first-order valence-corrected chi connectivity index (χ1v) is 11.6. The van der Waals surface area contributed by atoms with Crippen LogP contribution in [0.2, 0.25) is 0 Å². The molecule has 5 nitrogen and oxygen atoms in total. The van der Waals surface area contributed by atoms with Gasteiger partial charge >= 0.3 is 0 Å². The molecule has 0 spiro atoms. The zero-order valence-corrected chi connectivity index (χ0v) is 16.6. The Labute approximate surface area is 156 Å². The molecule has 25 heavy (non-hydrogen) atoms. The van der Waals surface area contributed by atoms with Gasteiger partial charge in [-0.2, -0.15) is 4.31 Å². The molecule has 1 aliphatic rings. The summed E-state index contributed by atoms with van der Waals surface area (Å²) in [6.07, 6.45) is 1.47. The molecule has 1 amide bonds. The van der Waals surface area contributed by atoms with Crippen LogP contribution in [0.1, 0.15) is 24.6 Å². The molecule has 8 heteroatoms. The minimum absolute atomic E-state index is 0.0574. The number of rotatable bonds is 6. The topological polar surface area (TPSA) is 57.7 Å². The number of nitrogens with zero attached hydrogens (tertiary/aromatic N) is 2. The van der Waals surface area contributed by atoms with E-state index in [-0.39, 0.29) is 18.4 Å². The van der Waals surface area contributed by atoms with Crippen molar-refractivity contribution in [1.82, 2.24) is 9.21 Å². The molecule has 1 saturated heterocycles. The summed E-state index contributed by atoms with van der Waals surface area (Å²) in [5.74, 6) is -0.203. The molecular formula is C17H22N2O3S3. The van der Waals surface area contributed by atoms with Crippen LogP contribution in [-0.2, 0) is 21.4 Å². The molecule has 0 N–H and O–H groups in total. The highest BCUT2D eigenvalue weighted by molar-refractivity contribution is 7.91. The van der Waals surface area contributed by atoms with Crippen LogP contribution in [-0.4, -0.2) is 43.2 Å². The quantitative estimate of drug-likeness (QED) is 0.750. The summed E-state index contributed by atoms with van der Waals surface area (Å²) in [4.78, 5) is 15.9. The standard InChI is InChI=1S/C17H22N2O3S3/c1-2-18(13-15-7-4-10-23-15)17(20)14-6-3-9-19(12-14)25(21,22)16-8-5-11-24-16/h4-5,7-8,10-11,14H,2-3,6,9,12-13H2,1H3. The predicted molar refractivity (Wildman–Crippen MR) is 101 cm³/mol. The third-order valence-corrected chi connectivity index (χ3v) is 8.54. The Morgan fingerprint density at radius 2 is 2.04 bits per heavy atom. The van der Waals surface area contributed by atoms with Gasteiger partial charge in [0.05, 0.1) is 12.5 Å². The number of thiophene rings is 2. The molecular weight excluding hydrogens is 376 g/mol. The minimum atomic E-state index is -3.48. The van der Waals surface area contributed by atoms with E-state index in [9.17, 15) is 13.2 Å². The molecule has 2 aromatic heterocycles. The fraction of sp³-hybridized carbons (Fsp3) is 0.471. The van der Waals surface area contributed by atoms with Crippen LogP contribution in [0, 0.1) is 5.92 Å². The second-order valence-electron chi connectivity index (χ2n) is 6.07. The Morgan fingerprint density at radius 1 is 1.28 bits per heavy atom. The van der Waals surface area contributed by atoms with Crippen molar-refractivity contribution in [2.75, 3.05) is 19.6 Å². The molecule has 3 rings (SSSR count). The number of carbonyl (C=O) groups excluding carboxylic acids is 1. The molecule has 1 atom stereocenters. The van der Waals surface area contributed by atoms with Crippen molar-refractivity contribution in [3.8, 4) is 0 Å². The third kappa shape index (κ3) is 4.13. The van der Waals surface area contributed by atoms with Gasteiger partial charge < -0.3 is 4.90 Å². The second-order valence-corrected chi connectivity index (χ2v) is 10.2. The summed E-state index contributed by atoms with van der Waals surface area (Å²) >= 11 is 2.86. The number of carbonyl (C=O) groups is 1. The average Bonchev–Trinajstić information content (AvgIpc) is 3.33. The van der Waals surface area contributed by atoms with Gasteiger partial charge in [0.15, 0.2) is 0 Å². The molecule has 0 aliphatic carbocycles. The van der Waals surface area contributed by atoms with Gasteiger partial charge in [-0.3, -0.25) is 4.79 Å². The van der Waals surface area contributed by atoms with E-state index in [0.29, 0.717) is 23.8 Å². The van der Waals surface area contributed by atoms with Gasteiger partial charge in [-0.25, -0.2) is 8.42 Å². The largest absolute Gasteiger partial charge is 0.338 e. The molecule has 136 valence electrons. The summed E-state index contributed by atoms with van der Waals surface area (Å²) in [6, 6.07) is 7.37. The summed E-state index contributed by atoms with van der Waals surface area (Å²) < 4.78 is 27.3. The highest BCUT2D eigenvalue weighted by Crippen LogP contribution is 2.27. The van der Waals surface area contributed by atoms with E-state index < -0.39 is 10.0 Å². The van der Waals surface area contributed by atoms with Crippen LogP contribution in [0.5, 0.6) is 0 Å². The lowest BCUT2D eigenvalue weighted by atomic mass is 9.98. The summed E-state index contributed by atoms with van der Waals surface area (Å²) in [5.41, 5.74) is 0. The van der Waals surface area contributed by atoms with Crippen molar-refractivity contribution in [3.05, 3.63) is 39.9 Å². The summed E-state index contributed by atoms with van der Waals surface area (Å²) in [6.45, 7) is 3.96. The average molecular weight is 399 g/mol. The Hall–Kier alpha value is -1.22. The summed E-state index contributed by atoms with van der Waals surface area (Å²) in [7, 11) is -3.48. The van der Waals surface area contributed by atoms with Crippen LogP contribution in [0.25, 0.3) is 0 Å². The van der Waals surface area contributed by atoms with E-state index in [1.807, 2.05) is 29.3 Å². The van der Waals surface area contributed by atoms with Gasteiger partial charge in [-0.1, -0.05) is 12.1 Å². The number of hydrogen-bond donors (Lipinski definition) is 0. The first-order valence-electron chi connectivity index (χ1n) is 8.37. The Bertz CT molecular complexity index is 785. The number of hydrogen-bond acceptors (Lipinski definition) is 5. The molecule has 3 heterocycles. The molecule has 0 radical (unpaired) electrons. The van der Waals surface area contributed by atoms with Crippen molar-refractivity contribution >= 4 is 38.6 Å². The second kappa shape index (κ2) is 7.99. The Balaban J connectivity index is 1.71. The van der Waals surface area contributed by atoms with Crippen LogP contribution in [0.4, 0.5) is 0 Å². The van der Waals surface area contributed by atoms with E-state index in [1.165, 1.54) is 15.6 Å². The fourth-order valence-electron chi connectivity index (χ4n) is 3.09. The first kappa shape index (κ1) is 18.6. The van der Waals surface area contributed by atoms with Gasteiger partial charge in [0.2, 0.25) is 5.91 Å². The van der Waals surface area contributed by atoms with Crippen LogP contribution in [0.15, 0.2) is 39.2 Å². The highest BCUT2D eigenvalue weighted by atomic mass is 32.2. The normalized spacial score (nSPS) is 19.0. The smallest absolute Gasteiger partial charge is 0.252 e. The molecule has 2 aromatic rings. The van der Waals surface area contributed by atoms with Gasteiger partial charge in [-0.05, 0) is 42.7 Å². The van der Waals surface area contributed by atoms with Gasteiger partial charge in [0, 0.05) is 24.5 Å². The fourth-order valence-corrected chi connectivity index (χ4v) is 6.48. The lowest BCUT2D eigenvalue weighted by Crippen LogP contribution is -2.46. The van der Waals surface area contributed by atoms with E-state index in [0.717, 1.165) is 17.7 Å². The van der Waals surface area contributed by atoms with Crippen molar-refractivity contribution in [3.63, 3.8) is 0 Å². The molecule has 1 fully saturated rings.